The van der Waals surface area contributed by atoms with E-state index < -0.39 is 6.10 Å². The number of H-pyrrole nitrogens is 1. The number of halogens is 2. The number of aliphatic hydroxyl groups excluding tert-OH is 1. The number of rotatable bonds is 4. The Morgan fingerprint density at radius 1 is 1.00 bits per heavy atom. The Labute approximate surface area is 199 Å². The van der Waals surface area contributed by atoms with Gasteiger partial charge in [-0.3, -0.25) is 0 Å². The van der Waals surface area contributed by atoms with Crippen molar-refractivity contribution in [2.24, 2.45) is 0 Å². The Bertz CT molecular complexity index is 1380. The molecule has 9 heteroatoms. The second-order valence-corrected chi connectivity index (χ2v) is 9.00. The van der Waals surface area contributed by atoms with Crippen molar-refractivity contribution in [1.29, 1.82) is 0 Å². The molecule has 2 saturated heterocycles. The molecule has 0 saturated carbocycles. The van der Waals surface area contributed by atoms with Crippen LogP contribution >= 0.6 is 11.6 Å². The number of aliphatic hydroxyl groups is 1. The van der Waals surface area contributed by atoms with Crippen LogP contribution < -0.4 is 4.74 Å². The monoisotopic (exact) mass is 481 g/mol. The van der Waals surface area contributed by atoms with E-state index in [2.05, 4.69) is 15.0 Å². The maximum absolute atomic E-state index is 13.9. The van der Waals surface area contributed by atoms with E-state index in [9.17, 15) is 9.50 Å². The number of fused-ring (bicyclic) bond motifs is 2. The SMILES string of the molecule is Cc1ccc(-c2ccc(-c3nc4nc(O[C@@H]5CO[C@H]6[C@@H]5OC[C@H]6O)[nH]c4cc3Cl)cc2)cc1F. The first kappa shape index (κ1) is 21.5. The molecule has 2 aromatic carbocycles. The van der Waals surface area contributed by atoms with Gasteiger partial charge in [0.15, 0.2) is 11.8 Å². The average Bonchev–Trinajstić information content (AvgIpc) is 3.52. The summed E-state index contributed by atoms with van der Waals surface area (Å²) in [5.41, 5.74) is 4.80. The fraction of sp³-hybridized carbons (Fsp3) is 0.280. The molecule has 4 heterocycles. The quantitative estimate of drug-likeness (QED) is 0.452. The largest absolute Gasteiger partial charge is 0.456 e. The topological polar surface area (TPSA) is 89.5 Å². The number of nitrogens with zero attached hydrogens (tertiary/aromatic N) is 2. The molecule has 174 valence electrons. The summed E-state index contributed by atoms with van der Waals surface area (Å²) in [5.74, 6) is -0.233. The third-order valence-corrected chi connectivity index (χ3v) is 6.60. The van der Waals surface area contributed by atoms with Crippen LogP contribution in [0, 0.1) is 12.7 Å². The Morgan fingerprint density at radius 2 is 1.74 bits per heavy atom. The average molecular weight is 482 g/mol. The van der Waals surface area contributed by atoms with Gasteiger partial charge in [-0.05, 0) is 35.7 Å². The van der Waals surface area contributed by atoms with E-state index in [1.165, 1.54) is 6.07 Å². The minimum Gasteiger partial charge on any atom is -0.456 e. The van der Waals surface area contributed by atoms with Gasteiger partial charge in [0.1, 0.15) is 24.1 Å². The van der Waals surface area contributed by atoms with Crippen molar-refractivity contribution in [3.63, 3.8) is 0 Å². The first-order chi connectivity index (χ1) is 16.5. The predicted molar refractivity (Wildman–Crippen MR) is 124 cm³/mol. The number of aromatic amines is 1. The van der Waals surface area contributed by atoms with Crippen LogP contribution in [0.4, 0.5) is 4.39 Å². The molecule has 0 radical (unpaired) electrons. The fourth-order valence-corrected chi connectivity index (χ4v) is 4.70. The number of benzene rings is 2. The summed E-state index contributed by atoms with van der Waals surface area (Å²) in [6.45, 7) is 2.27. The zero-order valence-electron chi connectivity index (χ0n) is 18.2. The number of hydrogen-bond acceptors (Lipinski definition) is 6. The van der Waals surface area contributed by atoms with E-state index in [1.54, 1.807) is 19.1 Å². The van der Waals surface area contributed by atoms with Crippen LogP contribution in [0.25, 0.3) is 33.5 Å². The van der Waals surface area contributed by atoms with Crippen molar-refractivity contribution in [1.82, 2.24) is 15.0 Å². The van der Waals surface area contributed by atoms with E-state index in [1.807, 2.05) is 30.3 Å². The lowest BCUT2D eigenvalue weighted by molar-refractivity contribution is 0.00706. The van der Waals surface area contributed by atoms with Gasteiger partial charge in [-0.25, -0.2) is 9.37 Å². The zero-order chi connectivity index (χ0) is 23.4. The minimum atomic E-state index is -0.645. The number of ether oxygens (including phenoxy) is 3. The van der Waals surface area contributed by atoms with Crippen LogP contribution in [0.15, 0.2) is 48.5 Å². The summed E-state index contributed by atoms with van der Waals surface area (Å²) in [6, 6.07) is 14.8. The Morgan fingerprint density at radius 3 is 2.53 bits per heavy atom. The van der Waals surface area contributed by atoms with Gasteiger partial charge in [-0.15, -0.1) is 0 Å². The number of hydrogen-bond donors (Lipinski definition) is 2. The molecule has 34 heavy (non-hydrogen) atoms. The highest BCUT2D eigenvalue weighted by molar-refractivity contribution is 6.33. The van der Waals surface area contributed by atoms with E-state index >= 15 is 0 Å². The van der Waals surface area contributed by atoms with Gasteiger partial charge in [0.25, 0.3) is 6.01 Å². The third kappa shape index (κ3) is 3.73. The van der Waals surface area contributed by atoms with E-state index in [0.29, 0.717) is 34.1 Å². The molecule has 0 aliphatic carbocycles. The van der Waals surface area contributed by atoms with Gasteiger partial charge in [0, 0.05) is 5.56 Å². The third-order valence-electron chi connectivity index (χ3n) is 6.31. The van der Waals surface area contributed by atoms with Crippen LogP contribution in [0.2, 0.25) is 5.02 Å². The fourth-order valence-electron chi connectivity index (χ4n) is 4.44. The number of nitrogens with one attached hydrogen (secondary N) is 1. The van der Waals surface area contributed by atoms with Crippen molar-refractivity contribution >= 4 is 22.8 Å². The molecule has 0 bridgehead atoms. The van der Waals surface area contributed by atoms with Crippen molar-refractivity contribution in [2.75, 3.05) is 13.2 Å². The molecule has 7 nitrogen and oxygen atoms in total. The lowest BCUT2D eigenvalue weighted by atomic mass is 10.0. The highest BCUT2D eigenvalue weighted by atomic mass is 35.5. The van der Waals surface area contributed by atoms with Gasteiger partial charge in [-0.1, -0.05) is 48.0 Å². The predicted octanol–water partition coefficient (Wildman–Crippen LogP) is 4.30. The second kappa shape index (κ2) is 8.32. The molecule has 2 aliphatic rings. The zero-order valence-corrected chi connectivity index (χ0v) is 18.9. The van der Waals surface area contributed by atoms with Gasteiger partial charge in [-0.2, -0.15) is 4.98 Å². The van der Waals surface area contributed by atoms with Gasteiger partial charge in [0.05, 0.1) is 29.4 Å². The highest BCUT2D eigenvalue weighted by Gasteiger charge is 2.48. The van der Waals surface area contributed by atoms with Crippen LogP contribution in [0.5, 0.6) is 6.01 Å². The van der Waals surface area contributed by atoms with Gasteiger partial charge >= 0.3 is 0 Å². The van der Waals surface area contributed by atoms with E-state index in [4.69, 9.17) is 25.8 Å². The number of pyridine rings is 1. The summed E-state index contributed by atoms with van der Waals surface area (Å²) in [7, 11) is 0. The molecule has 2 fully saturated rings. The molecule has 2 N–H and O–H groups in total. The van der Waals surface area contributed by atoms with Gasteiger partial charge < -0.3 is 24.3 Å². The molecule has 4 atom stereocenters. The highest BCUT2D eigenvalue weighted by Crippen LogP contribution is 2.33. The van der Waals surface area contributed by atoms with Crippen molar-refractivity contribution in [3.8, 4) is 28.4 Å². The molecular formula is C25H21ClFN3O4. The first-order valence-corrected chi connectivity index (χ1v) is 11.4. The smallest absolute Gasteiger partial charge is 0.296 e. The Hall–Kier alpha value is -3.04. The lowest BCUT2D eigenvalue weighted by Crippen LogP contribution is -2.34. The summed E-state index contributed by atoms with van der Waals surface area (Å²) in [5, 5.41) is 10.4. The Balaban J connectivity index is 1.25. The number of aromatic nitrogens is 3. The molecule has 0 amide bonds. The first-order valence-electron chi connectivity index (χ1n) is 11.0. The van der Waals surface area contributed by atoms with Crippen LogP contribution in [-0.4, -0.2) is 57.7 Å². The molecule has 0 unspecified atom stereocenters. The maximum atomic E-state index is 13.9. The van der Waals surface area contributed by atoms with E-state index in [-0.39, 0.29) is 36.7 Å². The van der Waals surface area contributed by atoms with Crippen molar-refractivity contribution in [2.45, 2.75) is 31.3 Å². The minimum absolute atomic E-state index is 0.230. The van der Waals surface area contributed by atoms with Crippen LogP contribution in [0.1, 0.15) is 5.56 Å². The number of imidazole rings is 1. The van der Waals surface area contributed by atoms with Crippen LogP contribution in [0.3, 0.4) is 0 Å². The molecule has 6 rings (SSSR count). The molecule has 4 aromatic rings. The molecular weight excluding hydrogens is 461 g/mol. The summed E-state index contributed by atoms with van der Waals surface area (Å²) in [4.78, 5) is 12.2. The normalized spacial score (nSPS) is 24.0. The summed E-state index contributed by atoms with van der Waals surface area (Å²) >= 11 is 6.53. The van der Waals surface area contributed by atoms with Crippen molar-refractivity contribution < 1.29 is 23.7 Å². The van der Waals surface area contributed by atoms with Crippen LogP contribution in [-0.2, 0) is 9.47 Å². The summed E-state index contributed by atoms with van der Waals surface area (Å²) in [6.07, 6.45) is -1.74. The van der Waals surface area contributed by atoms with Gasteiger partial charge in [0.2, 0.25) is 0 Å². The molecule has 2 aliphatic heterocycles. The molecule has 0 spiro atoms. The maximum Gasteiger partial charge on any atom is 0.296 e. The molecule has 2 aromatic heterocycles. The Kier molecular flexibility index (Phi) is 5.26. The second-order valence-electron chi connectivity index (χ2n) is 8.59. The standard InChI is InChI=1S/C25H21ClFN3O4/c1-12-2-3-15(8-17(12)27)13-4-6-14(7-5-13)21-16(26)9-18-24(29-21)30-25(28-18)34-20-11-33-22-19(31)10-32-23(20)22/h2-9,19-20,22-23,31H,10-11H2,1H3,(H,28,29,30)/t19-,20-,22-,23-/m1/s1. The van der Waals surface area contributed by atoms with E-state index in [0.717, 1.165) is 16.7 Å². The summed E-state index contributed by atoms with van der Waals surface area (Å²) < 4.78 is 31.1. The van der Waals surface area contributed by atoms with Crippen molar-refractivity contribution in [3.05, 3.63) is 64.9 Å². The lowest BCUT2D eigenvalue weighted by Gasteiger charge is -2.15. The number of aryl methyl sites for hydroxylation is 1.